The molecule has 0 aliphatic rings. The van der Waals surface area contributed by atoms with Gasteiger partial charge in [-0.15, -0.1) is 0 Å². The Morgan fingerprint density at radius 1 is 0.833 bits per heavy atom. The molecule has 1 nitrogen and oxygen atoms in total. The second-order valence-electron chi connectivity index (χ2n) is 2.68. The van der Waals surface area contributed by atoms with Crippen molar-refractivity contribution in [3.63, 3.8) is 0 Å². The minimum atomic E-state index is 0. The van der Waals surface area contributed by atoms with Crippen molar-refractivity contribution < 1.29 is 37.2 Å². The van der Waals surface area contributed by atoms with E-state index >= 15 is 0 Å². The first-order valence-electron chi connectivity index (χ1n) is 1.79. The molecule has 0 bridgehead atoms. The molecule has 0 atom stereocenters. The Bertz CT molecular complexity index is 23.0. The van der Waals surface area contributed by atoms with Crippen molar-refractivity contribution in [1.29, 1.82) is 0 Å². The zero-order valence-electron chi connectivity index (χ0n) is 5.02. The van der Waals surface area contributed by atoms with Gasteiger partial charge in [-0.05, 0) is 0 Å². The number of quaternary nitrogens is 1. The van der Waals surface area contributed by atoms with Crippen molar-refractivity contribution in [1.82, 2.24) is 0 Å². The van der Waals surface area contributed by atoms with Crippen molar-refractivity contribution in [2.24, 2.45) is 0 Å². The molecule has 0 aromatic carbocycles. The van der Waals surface area contributed by atoms with Crippen LogP contribution in [0.3, 0.4) is 0 Å². The standard InChI is InChI=1S/C4H12N.Y/c1-5(2,3)4;/h1-4H3;/q+1;. The van der Waals surface area contributed by atoms with Gasteiger partial charge in [0.2, 0.25) is 0 Å². The predicted octanol–water partition coefficient (Wildman–Crippen LogP) is 0.320. The molecule has 2 heteroatoms. The third kappa shape index (κ3) is 73.9. The maximum atomic E-state index is 2.12. The van der Waals surface area contributed by atoms with Gasteiger partial charge in [-0.3, -0.25) is 0 Å². The summed E-state index contributed by atoms with van der Waals surface area (Å²) in [5, 5.41) is 0. The summed E-state index contributed by atoms with van der Waals surface area (Å²) in [7, 11) is 8.50. The number of hydrogen-bond donors (Lipinski definition) is 0. The zero-order chi connectivity index (χ0) is 4.50. The van der Waals surface area contributed by atoms with Crippen molar-refractivity contribution in [2.75, 3.05) is 28.2 Å². The van der Waals surface area contributed by atoms with Crippen molar-refractivity contribution in [2.45, 2.75) is 0 Å². The molecule has 0 aromatic heterocycles. The molecule has 1 radical (unpaired) electrons. The molecule has 0 spiro atoms. The van der Waals surface area contributed by atoms with Crippen LogP contribution in [0.25, 0.3) is 0 Å². The Morgan fingerprint density at radius 2 is 0.833 bits per heavy atom. The fraction of sp³-hybridized carbons (Fsp3) is 1.00. The average molecular weight is 163 g/mol. The van der Waals surface area contributed by atoms with E-state index in [1.165, 1.54) is 0 Å². The first-order valence-corrected chi connectivity index (χ1v) is 1.79. The maximum Gasteiger partial charge on any atom is 0.0675 e. The van der Waals surface area contributed by atoms with E-state index in [4.69, 9.17) is 0 Å². The largest absolute Gasteiger partial charge is 0.333 e. The van der Waals surface area contributed by atoms with Gasteiger partial charge >= 0.3 is 0 Å². The van der Waals surface area contributed by atoms with Crippen LogP contribution in [0, 0.1) is 0 Å². The molecule has 0 amide bonds. The number of hydrogen-bond acceptors (Lipinski definition) is 0. The van der Waals surface area contributed by atoms with E-state index in [-0.39, 0.29) is 32.7 Å². The summed E-state index contributed by atoms with van der Waals surface area (Å²) in [5.41, 5.74) is 0. The van der Waals surface area contributed by atoms with E-state index in [0.717, 1.165) is 4.48 Å². The van der Waals surface area contributed by atoms with Crippen molar-refractivity contribution >= 4 is 0 Å². The fourth-order valence-corrected chi connectivity index (χ4v) is 0. The molecule has 35 valence electrons. The topological polar surface area (TPSA) is 0 Å². The zero-order valence-corrected chi connectivity index (χ0v) is 7.86. The monoisotopic (exact) mass is 163 g/mol. The molecule has 0 fully saturated rings. The third-order valence-corrected chi connectivity index (χ3v) is 0. The Kier molecular flexibility index (Phi) is 5.26. The first kappa shape index (κ1) is 10.1. The smallest absolute Gasteiger partial charge is 0.0675 e. The summed E-state index contributed by atoms with van der Waals surface area (Å²) in [6, 6.07) is 0. The van der Waals surface area contributed by atoms with Gasteiger partial charge in [-0.25, -0.2) is 0 Å². The molecule has 0 unspecified atom stereocenters. The third-order valence-electron chi connectivity index (χ3n) is 0. The van der Waals surface area contributed by atoms with Crippen LogP contribution in [0.5, 0.6) is 0 Å². The summed E-state index contributed by atoms with van der Waals surface area (Å²) in [4.78, 5) is 0. The Balaban J connectivity index is 0. The fourth-order valence-electron chi connectivity index (χ4n) is 0. The molecule has 6 heavy (non-hydrogen) atoms. The van der Waals surface area contributed by atoms with Crippen LogP contribution in [-0.2, 0) is 32.7 Å². The van der Waals surface area contributed by atoms with Crippen molar-refractivity contribution in [3.8, 4) is 0 Å². The quantitative estimate of drug-likeness (QED) is 0.451. The SMILES string of the molecule is C[N+](C)(C)C.[Y]. The Morgan fingerprint density at radius 3 is 0.833 bits per heavy atom. The van der Waals surface area contributed by atoms with Crippen LogP contribution in [0.2, 0.25) is 0 Å². The van der Waals surface area contributed by atoms with E-state index in [2.05, 4.69) is 28.2 Å². The van der Waals surface area contributed by atoms with Gasteiger partial charge in [0.05, 0.1) is 28.2 Å². The van der Waals surface area contributed by atoms with E-state index in [0.29, 0.717) is 0 Å². The molecule has 0 saturated carbocycles. The van der Waals surface area contributed by atoms with Gasteiger partial charge in [0.25, 0.3) is 0 Å². The first-order chi connectivity index (χ1) is 2.00. The van der Waals surface area contributed by atoms with Crippen LogP contribution < -0.4 is 0 Å². The number of nitrogens with zero attached hydrogens (tertiary/aromatic N) is 1. The van der Waals surface area contributed by atoms with E-state index in [1.54, 1.807) is 0 Å². The minimum Gasteiger partial charge on any atom is -0.333 e. The molecule has 0 aliphatic heterocycles. The van der Waals surface area contributed by atoms with Crippen LogP contribution in [0.15, 0.2) is 0 Å². The van der Waals surface area contributed by atoms with Gasteiger partial charge in [-0.2, -0.15) is 0 Å². The van der Waals surface area contributed by atoms with Gasteiger partial charge in [-0.1, -0.05) is 0 Å². The molecule has 0 aliphatic carbocycles. The van der Waals surface area contributed by atoms with Crippen LogP contribution in [0.1, 0.15) is 0 Å². The second-order valence-corrected chi connectivity index (χ2v) is 2.68. The van der Waals surface area contributed by atoms with Crippen LogP contribution in [-0.4, -0.2) is 32.7 Å². The Hall–Kier alpha value is 1.06. The van der Waals surface area contributed by atoms with Crippen LogP contribution >= 0.6 is 0 Å². The molecule has 0 N–H and O–H groups in total. The molecule has 0 saturated heterocycles. The van der Waals surface area contributed by atoms with Crippen molar-refractivity contribution in [3.05, 3.63) is 0 Å². The molecular weight excluding hydrogens is 151 g/mol. The Labute approximate surface area is 65.2 Å². The van der Waals surface area contributed by atoms with Gasteiger partial charge in [0.1, 0.15) is 0 Å². The molecule has 0 rings (SSSR count). The minimum absolute atomic E-state index is 0. The van der Waals surface area contributed by atoms with E-state index < -0.39 is 0 Å². The summed E-state index contributed by atoms with van der Waals surface area (Å²) < 4.78 is 1.00. The summed E-state index contributed by atoms with van der Waals surface area (Å²) in [6.45, 7) is 0. The van der Waals surface area contributed by atoms with Gasteiger partial charge < -0.3 is 4.48 Å². The summed E-state index contributed by atoms with van der Waals surface area (Å²) >= 11 is 0. The molecule has 0 aromatic rings. The maximum absolute atomic E-state index is 2.12. The van der Waals surface area contributed by atoms with E-state index in [1.807, 2.05) is 0 Å². The van der Waals surface area contributed by atoms with Crippen LogP contribution in [0.4, 0.5) is 0 Å². The average Bonchev–Trinajstić information content (AvgIpc) is 0.722. The number of rotatable bonds is 0. The van der Waals surface area contributed by atoms with Gasteiger partial charge in [0, 0.05) is 32.7 Å². The summed E-state index contributed by atoms with van der Waals surface area (Å²) in [5.74, 6) is 0. The normalized spacial score (nSPS) is 10.0. The van der Waals surface area contributed by atoms with Gasteiger partial charge in [0.15, 0.2) is 0 Å². The molecular formula is C4H12NY+. The molecule has 0 heterocycles. The second kappa shape index (κ2) is 3.12. The summed E-state index contributed by atoms with van der Waals surface area (Å²) in [6.07, 6.45) is 0. The predicted molar refractivity (Wildman–Crippen MR) is 24.0 cm³/mol. The van der Waals surface area contributed by atoms with E-state index in [9.17, 15) is 0 Å².